The Labute approximate surface area is 192 Å². The highest BCUT2D eigenvalue weighted by Gasteiger charge is 2.40. The zero-order chi connectivity index (χ0) is 22.8. The Balaban J connectivity index is 1.82. The standard InChI is InChI=1S/C19H16Cl2N2O6S2/c1-30-9-8-15(22-31(27,28)16-10-11(20)6-7-14(16)21)19(26)29-23-17(24)12-4-2-3-5-13(12)18(23)25/h2-7,10,15,22H,8-9H2,1H3. The van der Waals surface area contributed by atoms with Crippen molar-refractivity contribution in [3.63, 3.8) is 0 Å². The minimum atomic E-state index is -4.27. The Bertz CT molecular complexity index is 1120. The summed E-state index contributed by atoms with van der Waals surface area (Å²) >= 11 is 13.2. The summed E-state index contributed by atoms with van der Waals surface area (Å²) in [6.07, 6.45) is 1.81. The van der Waals surface area contributed by atoms with Crippen LogP contribution < -0.4 is 4.72 Å². The van der Waals surface area contributed by atoms with Crippen LogP contribution in [0.15, 0.2) is 47.4 Å². The quantitative estimate of drug-likeness (QED) is 0.551. The van der Waals surface area contributed by atoms with Gasteiger partial charge in [-0.25, -0.2) is 13.2 Å². The second kappa shape index (κ2) is 9.58. The first-order valence-corrected chi connectivity index (χ1v) is 12.4. The third-order valence-electron chi connectivity index (χ3n) is 4.31. The first kappa shape index (κ1) is 23.6. The molecular formula is C19H16Cl2N2O6S2. The first-order valence-electron chi connectivity index (χ1n) is 8.81. The van der Waals surface area contributed by atoms with Crippen molar-refractivity contribution in [1.82, 2.24) is 9.79 Å². The summed E-state index contributed by atoms with van der Waals surface area (Å²) in [7, 11) is -4.27. The van der Waals surface area contributed by atoms with Crippen molar-refractivity contribution in [3.05, 3.63) is 63.6 Å². The number of hydrogen-bond donors (Lipinski definition) is 1. The van der Waals surface area contributed by atoms with E-state index in [0.717, 1.165) is 6.07 Å². The fraction of sp³-hybridized carbons (Fsp3) is 0.211. The molecular weight excluding hydrogens is 487 g/mol. The fourth-order valence-electron chi connectivity index (χ4n) is 2.80. The van der Waals surface area contributed by atoms with Gasteiger partial charge in [0, 0.05) is 5.02 Å². The number of sulfonamides is 1. The molecule has 1 aliphatic heterocycles. The molecule has 1 N–H and O–H groups in total. The number of fused-ring (bicyclic) bond motifs is 1. The number of nitrogens with zero attached hydrogens (tertiary/aromatic N) is 1. The van der Waals surface area contributed by atoms with Crippen molar-refractivity contribution in [2.45, 2.75) is 17.4 Å². The van der Waals surface area contributed by atoms with E-state index >= 15 is 0 Å². The van der Waals surface area contributed by atoms with Crippen LogP contribution in [0.4, 0.5) is 0 Å². The van der Waals surface area contributed by atoms with Crippen LogP contribution >= 0.6 is 35.0 Å². The lowest BCUT2D eigenvalue weighted by Gasteiger charge is -2.20. The van der Waals surface area contributed by atoms with Crippen LogP contribution in [0.5, 0.6) is 0 Å². The SMILES string of the molecule is CSCCC(NS(=O)(=O)c1cc(Cl)ccc1Cl)C(=O)ON1C(=O)c2ccccc2C1=O. The fourth-order valence-corrected chi connectivity index (χ4v) is 5.25. The lowest BCUT2D eigenvalue weighted by molar-refractivity contribution is -0.170. The van der Waals surface area contributed by atoms with Gasteiger partial charge in [0.05, 0.1) is 16.1 Å². The van der Waals surface area contributed by atoms with Crippen LogP contribution in [0, 0.1) is 0 Å². The normalized spacial score (nSPS) is 14.5. The molecule has 1 aliphatic rings. The molecule has 0 saturated heterocycles. The van der Waals surface area contributed by atoms with E-state index in [-0.39, 0.29) is 32.5 Å². The summed E-state index contributed by atoms with van der Waals surface area (Å²) in [5, 5.41) is 0.382. The number of rotatable bonds is 8. The van der Waals surface area contributed by atoms with Gasteiger partial charge < -0.3 is 4.84 Å². The molecule has 2 aromatic rings. The molecule has 1 atom stereocenters. The van der Waals surface area contributed by atoms with Crippen LogP contribution in [-0.2, 0) is 19.7 Å². The third-order valence-corrected chi connectivity index (χ3v) is 7.15. The minimum Gasteiger partial charge on any atom is -0.328 e. The van der Waals surface area contributed by atoms with E-state index in [1.54, 1.807) is 18.4 Å². The second-order valence-electron chi connectivity index (χ2n) is 6.39. The number of hydroxylamine groups is 2. The van der Waals surface area contributed by atoms with E-state index in [1.165, 1.54) is 36.0 Å². The Hall–Kier alpha value is -2.11. The Morgan fingerprint density at radius 3 is 2.32 bits per heavy atom. The maximum Gasteiger partial charge on any atom is 0.351 e. The summed E-state index contributed by atoms with van der Waals surface area (Å²) in [5.74, 6) is -2.32. The molecule has 0 spiro atoms. The zero-order valence-corrected chi connectivity index (χ0v) is 19.1. The van der Waals surface area contributed by atoms with Crippen LogP contribution in [0.1, 0.15) is 27.1 Å². The van der Waals surface area contributed by atoms with E-state index in [4.69, 9.17) is 28.0 Å². The number of amides is 2. The maximum absolute atomic E-state index is 12.8. The molecule has 0 aromatic heterocycles. The summed E-state index contributed by atoms with van der Waals surface area (Å²) in [6, 6.07) is 8.50. The second-order valence-corrected chi connectivity index (χ2v) is 9.90. The van der Waals surface area contributed by atoms with Gasteiger partial charge in [-0.05, 0) is 48.8 Å². The van der Waals surface area contributed by atoms with Gasteiger partial charge >= 0.3 is 5.97 Å². The summed E-state index contributed by atoms with van der Waals surface area (Å²) < 4.78 is 27.9. The van der Waals surface area contributed by atoms with Gasteiger partial charge in [-0.3, -0.25) is 9.59 Å². The molecule has 164 valence electrons. The topological polar surface area (TPSA) is 110 Å². The predicted molar refractivity (Wildman–Crippen MR) is 117 cm³/mol. The number of hydrogen-bond acceptors (Lipinski definition) is 7. The van der Waals surface area contributed by atoms with Gasteiger partial charge in [0.15, 0.2) is 0 Å². The van der Waals surface area contributed by atoms with Crippen LogP contribution in [-0.4, -0.2) is 49.3 Å². The third kappa shape index (κ3) is 5.04. The van der Waals surface area contributed by atoms with Crippen molar-refractivity contribution < 1.29 is 27.6 Å². The summed E-state index contributed by atoms with van der Waals surface area (Å²) in [5.41, 5.74) is 0.180. The lowest BCUT2D eigenvalue weighted by atomic mass is 10.1. The summed E-state index contributed by atoms with van der Waals surface area (Å²) in [6.45, 7) is 0. The highest BCUT2D eigenvalue weighted by atomic mass is 35.5. The van der Waals surface area contributed by atoms with E-state index in [0.29, 0.717) is 10.8 Å². The molecule has 0 fully saturated rings. The smallest absolute Gasteiger partial charge is 0.328 e. The highest BCUT2D eigenvalue weighted by molar-refractivity contribution is 7.98. The molecule has 2 aromatic carbocycles. The minimum absolute atomic E-state index is 0.0422. The van der Waals surface area contributed by atoms with Crippen LogP contribution in [0.3, 0.4) is 0 Å². The van der Waals surface area contributed by atoms with E-state index in [2.05, 4.69) is 4.72 Å². The van der Waals surface area contributed by atoms with Gasteiger partial charge in [0.1, 0.15) is 10.9 Å². The summed E-state index contributed by atoms with van der Waals surface area (Å²) in [4.78, 5) is 42.3. The van der Waals surface area contributed by atoms with Crippen LogP contribution in [0.25, 0.3) is 0 Å². The molecule has 0 bridgehead atoms. The lowest BCUT2D eigenvalue weighted by Crippen LogP contribution is -2.45. The number of carbonyl (C=O) groups excluding carboxylic acids is 3. The molecule has 1 unspecified atom stereocenters. The molecule has 0 aliphatic carbocycles. The molecule has 0 saturated carbocycles. The van der Waals surface area contributed by atoms with Crippen molar-refractivity contribution >= 4 is 62.8 Å². The Kier molecular flexibility index (Phi) is 7.28. The first-order chi connectivity index (χ1) is 14.7. The number of benzene rings is 2. The van der Waals surface area contributed by atoms with E-state index < -0.39 is 33.8 Å². The molecule has 31 heavy (non-hydrogen) atoms. The van der Waals surface area contributed by atoms with Gasteiger partial charge in [0.2, 0.25) is 10.0 Å². The van der Waals surface area contributed by atoms with Gasteiger partial charge in [-0.1, -0.05) is 40.4 Å². The Morgan fingerprint density at radius 1 is 1.13 bits per heavy atom. The van der Waals surface area contributed by atoms with E-state index in [1.807, 2.05) is 0 Å². The van der Waals surface area contributed by atoms with Gasteiger partial charge in [0.25, 0.3) is 11.8 Å². The molecule has 8 nitrogen and oxygen atoms in total. The van der Waals surface area contributed by atoms with E-state index in [9.17, 15) is 22.8 Å². The van der Waals surface area contributed by atoms with Crippen molar-refractivity contribution in [3.8, 4) is 0 Å². The average molecular weight is 503 g/mol. The highest BCUT2D eigenvalue weighted by Crippen LogP contribution is 2.26. The van der Waals surface area contributed by atoms with Gasteiger partial charge in [-0.2, -0.15) is 16.5 Å². The number of halogens is 2. The van der Waals surface area contributed by atoms with Crippen molar-refractivity contribution in [1.29, 1.82) is 0 Å². The number of carbonyl (C=O) groups is 3. The molecule has 0 radical (unpaired) electrons. The molecule has 2 amide bonds. The van der Waals surface area contributed by atoms with Gasteiger partial charge in [-0.15, -0.1) is 0 Å². The van der Waals surface area contributed by atoms with Crippen molar-refractivity contribution in [2.75, 3.05) is 12.0 Å². The zero-order valence-electron chi connectivity index (χ0n) is 16.0. The Morgan fingerprint density at radius 2 is 1.74 bits per heavy atom. The number of thioether (sulfide) groups is 1. The largest absolute Gasteiger partial charge is 0.351 e. The molecule has 1 heterocycles. The van der Waals surface area contributed by atoms with Crippen LogP contribution in [0.2, 0.25) is 10.0 Å². The predicted octanol–water partition coefficient (Wildman–Crippen LogP) is 3.15. The maximum atomic E-state index is 12.8. The number of imide groups is 1. The molecule has 12 heteroatoms. The average Bonchev–Trinajstić information content (AvgIpc) is 2.97. The molecule has 3 rings (SSSR count). The monoisotopic (exact) mass is 502 g/mol. The van der Waals surface area contributed by atoms with Crippen molar-refractivity contribution in [2.24, 2.45) is 0 Å². The number of nitrogens with one attached hydrogen (secondary N) is 1.